The van der Waals surface area contributed by atoms with E-state index in [4.69, 9.17) is 0 Å². The molecule has 1 saturated carbocycles. The standard InChI is InChI=1S/C21H20O/c22-21-19(15-14-17-8-3-1-4-9-17)12-7-13-20(21)16-18-10-5-2-6-11-18/h1-6,8-11,14-16,19H,7,12-13H2/b15-14+,20-16+. The second-order valence-corrected chi connectivity index (χ2v) is 5.71. The number of Topliss-reactive ketones (excluding diaryl/α,β-unsaturated/α-hetero) is 1. The van der Waals surface area contributed by atoms with Crippen LogP contribution in [0.3, 0.4) is 0 Å². The van der Waals surface area contributed by atoms with Gasteiger partial charge in [0.05, 0.1) is 0 Å². The molecule has 110 valence electrons. The van der Waals surface area contributed by atoms with Gasteiger partial charge in [-0.1, -0.05) is 72.8 Å². The Hall–Kier alpha value is -2.41. The lowest BCUT2D eigenvalue weighted by atomic mass is 9.83. The summed E-state index contributed by atoms with van der Waals surface area (Å²) in [5.41, 5.74) is 3.22. The number of benzene rings is 2. The Bertz CT molecular complexity index is 680. The van der Waals surface area contributed by atoms with Gasteiger partial charge in [0.15, 0.2) is 5.78 Å². The van der Waals surface area contributed by atoms with Gasteiger partial charge in [0.2, 0.25) is 0 Å². The minimum Gasteiger partial charge on any atom is -0.294 e. The van der Waals surface area contributed by atoms with E-state index in [0.29, 0.717) is 0 Å². The summed E-state index contributed by atoms with van der Waals surface area (Å²) in [6, 6.07) is 20.3. The highest BCUT2D eigenvalue weighted by molar-refractivity contribution is 6.02. The predicted molar refractivity (Wildman–Crippen MR) is 92.2 cm³/mol. The average molecular weight is 288 g/mol. The highest BCUT2D eigenvalue weighted by Crippen LogP contribution is 2.28. The van der Waals surface area contributed by atoms with Crippen molar-refractivity contribution in [3.63, 3.8) is 0 Å². The largest absolute Gasteiger partial charge is 0.294 e. The van der Waals surface area contributed by atoms with Crippen molar-refractivity contribution >= 4 is 17.9 Å². The van der Waals surface area contributed by atoms with E-state index in [-0.39, 0.29) is 11.7 Å². The zero-order chi connectivity index (χ0) is 15.2. The van der Waals surface area contributed by atoms with Crippen LogP contribution in [0, 0.1) is 5.92 Å². The van der Waals surface area contributed by atoms with E-state index in [0.717, 1.165) is 36.0 Å². The maximum absolute atomic E-state index is 12.6. The Balaban J connectivity index is 1.76. The molecule has 1 heteroatoms. The number of rotatable bonds is 3. The first-order valence-electron chi connectivity index (χ1n) is 7.86. The van der Waals surface area contributed by atoms with Gasteiger partial charge >= 0.3 is 0 Å². The molecule has 0 aliphatic heterocycles. The normalized spacial score (nSPS) is 20.6. The second-order valence-electron chi connectivity index (χ2n) is 5.71. The zero-order valence-corrected chi connectivity index (χ0v) is 12.6. The summed E-state index contributed by atoms with van der Waals surface area (Å²) in [5.74, 6) is 0.297. The molecule has 1 fully saturated rings. The molecule has 0 N–H and O–H groups in total. The summed E-state index contributed by atoms with van der Waals surface area (Å²) in [4.78, 5) is 12.6. The lowest BCUT2D eigenvalue weighted by molar-refractivity contribution is -0.118. The highest BCUT2D eigenvalue weighted by Gasteiger charge is 2.24. The van der Waals surface area contributed by atoms with E-state index >= 15 is 0 Å². The van der Waals surface area contributed by atoms with E-state index in [1.807, 2.05) is 54.6 Å². The number of hydrogen-bond acceptors (Lipinski definition) is 1. The van der Waals surface area contributed by atoms with Crippen LogP contribution in [-0.2, 0) is 4.79 Å². The third kappa shape index (κ3) is 3.62. The van der Waals surface area contributed by atoms with E-state index in [2.05, 4.69) is 24.3 Å². The van der Waals surface area contributed by atoms with E-state index in [1.54, 1.807) is 0 Å². The molecule has 0 heterocycles. The molecule has 0 saturated heterocycles. The van der Waals surface area contributed by atoms with Gasteiger partial charge in [0.25, 0.3) is 0 Å². The summed E-state index contributed by atoms with van der Waals surface area (Å²) in [5, 5.41) is 0. The van der Waals surface area contributed by atoms with Crippen LogP contribution in [0.15, 0.2) is 72.3 Å². The van der Waals surface area contributed by atoms with Crippen molar-refractivity contribution in [1.29, 1.82) is 0 Å². The van der Waals surface area contributed by atoms with Gasteiger partial charge in [-0.15, -0.1) is 0 Å². The van der Waals surface area contributed by atoms with Crippen molar-refractivity contribution < 1.29 is 4.79 Å². The predicted octanol–water partition coefficient (Wildman–Crippen LogP) is 5.15. The van der Waals surface area contributed by atoms with Crippen LogP contribution in [0.1, 0.15) is 30.4 Å². The van der Waals surface area contributed by atoms with Crippen molar-refractivity contribution in [2.75, 3.05) is 0 Å². The van der Waals surface area contributed by atoms with E-state index in [9.17, 15) is 4.79 Å². The van der Waals surface area contributed by atoms with Crippen molar-refractivity contribution in [2.24, 2.45) is 5.92 Å². The minimum absolute atomic E-state index is 0.0175. The Morgan fingerprint density at radius 3 is 2.18 bits per heavy atom. The molecule has 0 bridgehead atoms. The van der Waals surface area contributed by atoms with E-state index in [1.165, 1.54) is 0 Å². The van der Waals surface area contributed by atoms with Crippen LogP contribution in [0.25, 0.3) is 12.2 Å². The summed E-state index contributed by atoms with van der Waals surface area (Å²) in [6.07, 6.45) is 9.10. The molecular weight excluding hydrogens is 268 g/mol. The van der Waals surface area contributed by atoms with Gasteiger partial charge < -0.3 is 0 Å². The SMILES string of the molecule is O=C1/C(=C/c2ccccc2)CCCC1/C=C/c1ccccc1. The molecule has 0 aromatic heterocycles. The highest BCUT2D eigenvalue weighted by atomic mass is 16.1. The third-order valence-corrected chi connectivity index (χ3v) is 4.08. The molecule has 0 spiro atoms. The molecule has 1 nitrogen and oxygen atoms in total. The fourth-order valence-electron chi connectivity index (χ4n) is 2.87. The fraction of sp³-hybridized carbons (Fsp3) is 0.190. The Morgan fingerprint density at radius 2 is 1.50 bits per heavy atom. The number of hydrogen-bond donors (Lipinski definition) is 0. The molecule has 1 aliphatic carbocycles. The monoisotopic (exact) mass is 288 g/mol. The van der Waals surface area contributed by atoms with Crippen molar-refractivity contribution in [3.8, 4) is 0 Å². The average Bonchev–Trinajstić information content (AvgIpc) is 2.58. The van der Waals surface area contributed by atoms with Crippen LogP contribution >= 0.6 is 0 Å². The molecule has 22 heavy (non-hydrogen) atoms. The van der Waals surface area contributed by atoms with Crippen LogP contribution in [0.5, 0.6) is 0 Å². The number of allylic oxidation sites excluding steroid dienone is 2. The molecular formula is C21H20O. The first-order chi connectivity index (χ1) is 10.8. The lowest BCUT2D eigenvalue weighted by Crippen LogP contribution is -2.19. The van der Waals surface area contributed by atoms with Crippen LogP contribution in [0.4, 0.5) is 0 Å². The Kier molecular flexibility index (Phi) is 4.65. The number of ketones is 1. The Labute approximate surface area is 132 Å². The zero-order valence-electron chi connectivity index (χ0n) is 12.6. The molecule has 1 unspecified atom stereocenters. The summed E-state index contributed by atoms with van der Waals surface area (Å²) >= 11 is 0. The topological polar surface area (TPSA) is 17.1 Å². The summed E-state index contributed by atoms with van der Waals surface area (Å²) in [6.45, 7) is 0. The molecule has 2 aromatic carbocycles. The molecule has 1 atom stereocenters. The van der Waals surface area contributed by atoms with Crippen LogP contribution in [-0.4, -0.2) is 5.78 Å². The maximum atomic E-state index is 12.6. The lowest BCUT2D eigenvalue weighted by Gasteiger charge is -2.20. The number of carbonyl (C=O) groups excluding carboxylic acids is 1. The van der Waals surface area contributed by atoms with Gasteiger partial charge in [-0.3, -0.25) is 4.79 Å². The molecule has 1 aliphatic rings. The minimum atomic E-state index is 0.0175. The van der Waals surface area contributed by atoms with Crippen LogP contribution < -0.4 is 0 Å². The first-order valence-corrected chi connectivity index (χ1v) is 7.86. The smallest absolute Gasteiger partial charge is 0.165 e. The molecule has 0 amide bonds. The quantitative estimate of drug-likeness (QED) is 0.714. The molecule has 3 rings (SSSR count). The number of carbonyl (C=O) groups is 1. The fourth-order valence-corrected chi connectivity index (χ4v) is 2.87. The second kappa shape index (κ2) is 7.04. The van der Waals surface area contributed by atoms with Gasteiger partial charge in [0, 0.05) is 5.92 Å². The van der Waals surface area contributed by atoms with Gasteiger partial charge in [0.1, 0.15) is 0 Å². The van der Waals surface area contributed by atoms with Crippen molar-refractivity contribution in [3.05, 3.63) is 83.4 Å². The molecule has 0 radical (unpaired) electrons. The van der Waals surface area contributed by atoms with Crippen molar-refractivity contribution in [1.82, 2.24) is 0 Å². The first kappa shape index (κ1) is 14.5. The third-order valence-electron chi connectivity index (χ3n) is 4.08. The van der Waals surface area contributed by atoms with Gasteiger partial charge in [-0.05, 0) is 42.0 Å². The van der Waals surface area contributed by atoms with Gasteiger partial charge in [-0.2, -0.15) is 0 Å². The van der Waals surface area contributed by atoms with Crippen LogP contribution in [0.2, 0.25) is 0 Å². The van der Waals surface area contributed by atoms with Gasteiger partial charge in [-0.25, -0.2) is 0 Å². The maximum Gasteiger partial charge on any atom is 0.165 e. The Morgan fingerprint density at radius 1 is 0.864 bits per heavy atom. The summed E-state index contributed by atoms with van der Waals surface area (Å²) < 4.78 is 0. The summed E-state index contributed by atoms with van der Waals surface area (Å²) in [7, 11) is 0. The van der Waals surface area contributed by atoms with E-state index < -0.39 is 0 Å². The molecule has 2 aromatic rings. The van der Waals surface area contributed by atoms with Crippen molar-refractivity contribution in [2.45, 2.75) is 19.3 Å².